The molecule has 4 nitrogen and oxygen atoms in total. The molecule has 0 aromatic heterocycles. The lowest BCUT2D eigenvalue weighted by Crippen LogP contribution is -2.34. The van der Waals surface area contributed by atoms with Gasteiger partial charge in [-0.1, -0.05) is 88.8 Å². The van der Waals surface area contributed by atoms with Crippen LogP contribution in [0.4, 0.5) is 43.9 Å². The van der Waals surface area contributed by atoms with Crippen molar-refractivity contribution in [3.05, 3.63) is 82.9 Å². The topological polar surface area (TPSA) is 52.6 Å². The van der Waals surface area contributed by atoms with Gasteiger partial charge in [-0.2, -0.15) is 26.3 Å². The zero-order valence-corrected chi connectivity index (χ0v) is 27.3. The Bertz CT molecular complexity index is 1480. The SMILES string of the molecule is CCCCCC[C@H](OC(=O)c1ccc(-c2ccc(-c3ccc(C(=O)O[C@@H](CCCCCC)C(F)(F)F)c(F)c3F)cc2)c(F)c1F)C(F)(F)F. The van der Waals surface area contributed by atoms with Crippen molar-refractivity contribution in [2.75, 3.05) is 0 Å². The first-order valence-electron chi connectivity index (χ1n) is 16.1. The molecule has 2 atom stereocenters. The average Bonchev–Trinajstić information content (AvgIpc) is 3.05. The molecule has 0 aliphatic rings. The van der Waals surface area contributed by atoms with Crippen molar-refractivity contribution in [2.24, 2.45) is 0 Å². The summed E-state index contributed by atoms with van der Waals surface area (Å²) in [6.45, 7) is 3.72. The quantitative estimate of drug-likeness (QED) is 0.0839. The van der Waals surface area contributed by atoms with Gasteiger partial charge >= 0.3 is 24.3 Å². The molecular formula is C36H36F10O4. The van der Waals surface area contributed by atoms with E-state index >= 15 is 8.78 Å². The van der Waals surface area contributed by atoms with Crippen molar-refractivity contribution in [1.29, 1.82) is 0 Å². The second-order valence-electron chi connectivity index (χ2n) is 11.7. The molecule has 50 heavy (non-hydrogen) atoms. The van der Waals surface area contributed by atoms with E-state index in [4.69, 9.17) is 0 Å². The molecule has 3 aromatic rings. The molecule has 0 N–H and O–H groups in total. The maximum Gasteiger partial charge on any atom is 0.425 e. The standard InChI is InChI=1S/C36H36F10O4/c1-3-5-7-9-11-27(35(41,42)43)49-33(47)25-19-17-23(29(37)31(25)39)21-13-15-22(16-14-21)24-18-20-26(32(40)30(24)38)34(48)50-28(36(44,45)46)12-10-8-6-4-2/h13-20,27-28H,3-12H2,1-2H3/t27-,28-/m0/s1. The van der Waals surface area contributed by atoms with Gasteiger partial charge in [0.25, 0.3) is 0 Å². The van der Waals surface area contributed by atoms with Gasteiger partial charge in [0.2, 0.25) is 0 Å². The largest absolute Gasteiger partial charge is 0.449 e. The Labute approximate surface area is 282 Å². The second-order valence-corrected chi connectivity index (χ2v) is 11.7. The van der Waals surface area contributed by atoms with Crippen LogP contribution < -0.4 is 0 Å². The highest BCUT2D eigenvalue weighted by Gasteiger charge is 2.44. The normalized spacial score (nSPS) is 13.2. The Balaban J connectivity index is 1.79. The number of unbranched alkanes of at least 4 members (excludes halogenated alkanes) is 6. The number of carbonyl (C=O) groups excluding carboxylic acids is 2. The molecule has 274 valence electrons. The van der Waals surface area contributed by atoms with Crippen molar-refractivity contribution in [3.63, 3.8) is 0 Å². The lowest BCUT2D eigenvalue weighted by molar-refractivity contribution is -0.206. The first-order valence-corrected chi connectivity index (χ1v) is 16.1. The van der Waals surface area contributed by atoms with Gasteiger partial charge < -0.3 is 9.47 Å². The Morgan fingerprint density at radius 1 is 0.520 bits per heavy atom. The Hall–Kier alpha value is -4.10. The van der Waals surface area contributed by atoms with Crippen LogP contribution in [0, 0.1) is 23.3 Å². The molecule has 0 saturated heterocycles. The van der Waals surface area contributed by atoms with Gasteiger partial charge in [0.05, 0.1) is 11.1 Å². The van der Waals surface area contributed by atoms with E-state index < -0.39 is 94.9 Å². The molecule has 0 aliphatic heterocycles. The van der Waals surface area contributed by atoms with Crippen LogP contribution in [0.2, 0.25) is 0 Å². The van der Waals surface area contributed by atoms with E-state index in [9.17, 15) is 44.7 Å². The van der Waals surface area contributed by atoms with Crippen molar-refractivity contribution in [1.82, 2.24) is 0 Å². The molecule has 14 heteroatoms. The third kappa shape index (κ3) is 10.5. The van der Waals surface area contributed by atoms with Gasteiger partial charge in [0.1, 0.15) is 0 Å². The predicted octanol–water partition coefficient (Wildman–Crippen LogP) is 11.7. The van der Waals surface area contributed by atoms with Gasteiger partial charge in [0.15, 0.2) is 35.5 Å². The fourth-order valence-electron chi connectivity index (χ4n) is 5.17. The summed E-state index contributed by atoms with van der Waals surface area (Å²) in [6, 6.07) is 8.09. The monoisotopic (exact) mass is 722 g/mol. The van der Waals surface area contributed by atoms with E-state index in [1.807, 2.05) is 13.8 Å². The van der Waals surface area contributed by atoms with Crippen LogP contribution in [-0.4, -0.2) is 36.5 Å². The van der Waals surface area contributed by atoms with Gasteiger partial charge in [-0.05, 0) is 48.9 Å². The minimum absolute atomic E-state index is 0.0210. The van der Waals surface area contributed by atoms with Crippen LogP contribution in [0.5, 0.6) is 0 Å². The van der Waals surface area contributed by atoms with E-state index in [2.05, 4.69) is 9.47 Å². The molecule has 0 spiro atoms. The first-order chi connectivity index (χ1) is 23.5. The minimum atomic E-state index is -4.92. The van der Waals surface area contributed by atoms with Crippen molar-refractivity contribution >= 4 is 11.9 Å². The van der Waals surface area contributed by atoms with E-state index in [-0.39, 0.29) is 24.0 Å². The number of halogens is 10. The maximum absolute atomic E-state index is 15.1. The molecule has 0 unspecified atom stereocenters. The van der Waals surface area contributed by atoms with E-state index in [0.29, 0.717) is 25.7 Å². The zero-order chi connectivity index (χ0) is 37.2. The van der Waals surface area contributed by atoms with Gasteiger partial charge in [-0.15, -0.1) is 0 Å². The Morgan fingerprint density at radius 3 is 1.16 bits per heavy atom. The molecule has 0 heterocycles. The lowest BCUT2D eigenvalue weighted by Gasteiger charge is -2.21. The molecule has 0 bridgehead atoms. The summed E-state index contributed by atoms with van der Waals surface area (Å²) in [7, 11) is 0. The molecule has 0 aliphatic carbocycles. The minimum Gasteiger partial charge on any atom is -0.449 e. The van der Waals surface area contributed by atoms with Gasteiger partial charge in [-0.3, -0.25) is 0 Å². The number of alkyl halides is 6. The molecule has 3 aromatic carbocycles. The van der Waals surface area contributed by atoms with E-state index in [1.165, 1.54) is 24.3 Å². The van der Waals surface area contributed by atoms with Crippen LogP contribution in [0.25, 0.3) is 22.3 Å². The first kappa shape index (κ1) is 40.3. The summed E-state index contributed by atoms with van der Waals surface area (Å²) < 4.78 is 150. The lowest BCUT2D eigenvalue weighted by atomic mass is 9.97. The smallest absolute Gasteiger partial charge is 0.425 e. The van der Waals surface area contributed by atoms with Gasteiger partial charge in [0, 0.05) is 11.1 Å². The molecule has 3 rings (SSSR count). The third-order valence-corrected chi connectivity index (χ3v) is 7.98. The third-order valence-electron chi connectivity index (χ3n) is 7.98. The Morgan fingerprint density at radius 2 is 0.860 bits per heavy atom. The molecule has 0 radical (unpaired) electrons. The fraction of sp³-hybridized carbons (Fsp3) is 0.444. The summed E-state index contributed by atoms with van der Waals surface area (Å²) in [5, 5.41) is 0. The number of ether oxygens (including phenoxy) is 2. The van der Waals surface area contributed by atoms with Crippen molar-refractivity contribution in [3.8, 4) is 22.3 Å². The van der Waals surface area contributed by atoms with Crippen LogP contribution in [0.1, 0.15) is 98.8 Å². The van der Waals surface area contributed by atoms with E-state index in [0.717, 1.165) is 37.1 Å². The summed E-state index contributed by atoms with van der Waals surface area (Å²) >= 11 is 0. The summed E-state index contributed by atoms with van der Waals surface area (Å²) in [4.78, 5) is 24.8. The summed E-state index contributed by atoms with van der Waals surface area (Å²) in [5.41, 5.74) is -2.99. The molecular weight excluding hydrogens is 686 g/mol. The van der Waals surface area contributed by atoms with Crippen molar-refractivity contribution < 1.29 is 63.0 Å². The molecule has 0 fully saturated rings. The van der Waals surface area contributed by atoms with Crippen LogP contribution in [-0.2, 0) is 9.47 Å². The molecule has 0 saturated carbocycles. The Kier molecular flexibility index (Phi) is 14.3. The molecule has 0 amide bonds. The number of benzene rings is 3. The number of carbonyl (C=O) groups is 2. The number of hydrogen-bond donors (Lipinski definition) is 0. The highest BCUT2D eigenvalue weighted by molar-refractivity contribution is 5.91. The zero-order valence-electron chi connectivity index (χ0n) is 27.3. The number of esters is 2. The van der Waals surface area contributed by atoms with Crippen LogP contribution in [0.15, 0.2) is 48.5 Å². The summed E-state index contributed by atoms with van der Waals surface area (Å²) in [6.07, 6.45) is -12.0. The van der Waals surface area contributed by atoms with Crippen LogP contribution in [0.3, 0.4) is 0 Å². The maximum atomic E-state index is 15.1. The van der Waals surface area contributed by atoms with Gasteiger partial charge in [-0.25, -0.2) is 27.2 Å². The average molecular weight is 723 g/mol. The number of rotatable bonds is 16. The van der Waals surface area contributed by atoms with Crippen molar-refractivity contribution in [2.45, 2.75) is 103 Å². The predicted molar refractivity (Wildman–Crippen MR) is 165 cm³/mol. The number of hydrogen-bond acceptors (Lipinski definition) is 4. The highest BCUT2D eigenvalue weighted by atomic mass is 19.4. The van der Waals surface area contributed by atoms with E-state index in [1.54, 1.807) is 0 Å². The van der Waals surface area contributed by atoms with Crippen LogP contribution >= 0.6 is 0 Å². The fourth-order valence-corrected chi connectivity index (χ4v) is 5.17. The summed E-state index contributed by atoms with van der Waals surface area (Å²) in [5.74, 6) is -10.1. The second kappa shape index (κ2) is 17.7. The highest BCUT2D eigenvalue weighted by Crippen LogP contribution is 2.34.